The Bertz CT molecular complexity index is 512. The highest BCUT2D eigenvalue weighted by Gasteiger charge is 2.16. The van der Waals surface area contributed by atoms with Crippen LogP contribution >= 0.6 is 0 Å². The first-order valence-electron chi connectivity index (χ1n) is 6.06. The highest BCUT2D eigenvalue weighted by Crippen LogP contribution is 2.22. The van der Waals surface area contributed by atoms with Gasteiger partial charge < -0.3 is 10.3 Å². The second-order valence-corrected chi connectivity index (χ2v) is 4.18. The molecule has 1 unspecified atom stereocenters. The van der Waals surface area contributed by atoms with Gasteiger partial charge >= 0.3 is 0 Å². The van der Waals surface area contributed by atoms with Gasteiger partial charge in [0.1, 0.15) is 5.82 Å². The molecule has 1 aromatic carbocycles. The van der Waals surface area contributed by atoms with Gasteiger partial charge in [-0.25, -0.2) is 4.39 Å². The van der Waals surface area contributed by atoms with Gasteiger partial charge in [-0.2, -0.15) is 4.98 Å². The van der Waals surface area contributed by atoms with Gasteiger partial charge in [0.15, 0.2) is 0 Å². The summed E-state index contributed by atoms with van der Waals surface area (Å²) in [7, 11) is 0. The molecule has 0 bridgehead atoms. The maximum Gasteiger partial charge on any atom is 0.243 e. The van der Waals surface area contributed by atoms with Crippen LogP contribution in [0.1, 0.15) is 38.1 Å². The number of nitrogens with two attached hydrogens (primary N) is 1. The monoisotopic (exact) mass is 249 g/mol. The number of hydrogen-bond acceptors (Lipinski definition) is 4. The van der Waals surface area contributed by atoms with Crippen molar-refractivity contribution >= 4 is 0 Å². The van der Waals surface area contributed by atoms with Gasteiger partial charge in [0.25, 0.3) is 0 Å². The third kappa shape index (κ3) is 2.73. The normalized spacial score (nSPS) is 12.6. The number of rotatable bonds is 5. The molecule has 2 aromatic rings. The van der Waals surface area contributed by atoms with Crippen LogP contribution in [0.2, 0.25) is 0 Å². The Morgan fingerprint density at radius 3 is 2.89 bits per heavy atom. The lowest BCUT2D eigenvalue weighted by Gasteiger charge is -2.03. The smallest absolute Gasteiger partial charge is 0.243 e. The lowest BCUT2D eigenvalue weighted by molar-refractivity contribution is 0.346. The molecule has 0 amide bonds. The van der Waals surface area contributed by atoms with E-state index < -0.39 is 0 Å². The van der Waals surface area contributed by atoms with Crippen molar-refractivity contribution in [3.63, 3.8) is 0 Å². The molecule has 5 heteroatoms. The van der Waals surface area contributed by atoms with E-state index in [-0.39, 0.29) is 17.7 Å². The number of unbranched alkanes of at least 4 members (excludes halogenated alkanes) is 1. The molecule has 0 radical (unpaired) electrons. The first-order valence-corrected chi connectivity index (χ1v) is 6.06. The first-order chi connectivity index (χ1) is 8.72. The fraction of sp³-hybridized carbons (Fsp3) is 0.385. The standard InChI is InChI=1S/C13H16FN3O/c1-2-3-8-11(15)13-16-12(17-18-13)9-6-4-5-7-10(9)14/h4-7,11H,2-3,8,15H2,1H3. The quantitative estimate of drug-likeness (QED) is 0.884. The van der Waals surface area contributed by atoms with E-state index in [1.165, 1.54) is 6.07 Å². The Balaban J connectivity index is 2.18. The Hall–Kier alpha value is -1.75. The zero-order valence-electron chi connectivity index (χ0n) is 10.3. The van der Waals surface area contributed by atoms with E-state index >= 15 is 0 Å². The van der Waals surface area contributed by atoms with E-state index in [2.05, 4.69) is 17.1 Å². The molecule has 2 N–H and O–H groups in total. The van der Waals surface area contributed by atoms with Crippen molar-refractivity contribution in [1.29, 1.82) is 0 Å². The van der Waals surface area contributed by atoms with Gasteiger partial charge in [0.05, 0.1) is 11.6 Å². The van der Waals surface area contributed by atoms with Crippen LogP contribution in [0, 0.1) is 5.82 Å². The summed E-state index contributed by atoms with van der Waals surface area (Å²) < 4.78 is 18.6. The predicted octanol–water partition coefficient (Wildman–Crippen LogP) is 3.07. The third-order valence-electron chi connectivity index (χ3n) is 2.74. The molecule has 18 heavy (non-hydrogen) atoms. The zero-order valence-corrected chi connectivity index (χ0v) is 10.3. The van der Waals surface area contributed by atoms with Gasteiger partial charge in [-0.15, -0.1) is 0 Å². The molecule has 0 aliphatic heterocycles. The van der Waals surface area contributed by atoms with Crippen molar-refractivity contribution in [2.45, 2.75) is 32.2 Å². The topological polar surface area (TPSA) is 64.9 Å². The van der Waals surface area contributed by atoms with Crippen LogP contribution in [0.25, 0.3) is 11.4 Å². The lowest BCUT2D eigenvalue weighted by atomic mass is 10.1. The first kappa shape index (κ1) is 12.7. The molecule has 2 rings (SSSR count). The Kier molecular flexibility index (Phi) is 4.04. The molecule has 0 saturated carbocycles. The maximum atomic E-state index is 13.5. The number of halogens is 1. The van der Waals surface area contributed by atoms with Crippen molar-refractivity contribution in [2.75, 3.05) is 0 Å². The molecule has 1 aromatic heterocycles. The number of aromatic nitrogens is 2. The fourth-order valence-corrected chi connectivity index (χ4v) is 1.69. The van der Waals surface area contributed by atoms with Gasteiger partial charge in [0, 0.05) is 0 Å². The second-order valence-electron chi connectivity index (χ2n) is 4.18. The van der Waals surface area contributed by atoms with Gasteiger partial charge in [-0.3, -0.25) is 0 Å². The predicted molar refractivity (Wildman–Crippen MR) is 66.1 cm³/mol. The highest BCUT2D eigenvalue weighted by molar-refractivity contribution is 5.54. The summed E-state index contributed by atoms with van der Waals surface area (Å²) in [4.78, 5) is 4.15. The van der Waals surface area contributed by atoms with Crippen LogP contribution in [-0.2, 0) is 0 Å². The summed E-state index contributed by atoms with van der Waals surface area (Å²) in [5.74, 6) is 0.240. The molecule has 4 nitrogen and oxygen atoms in total. The second kappa shape index (κ2) is 5.73. The number of benzene rings is 1. The SMILES string of the molecule is CCCCC(N)c1nc(-c2ccccc2F)no1. The molecule has 0 saturated heterocycles. The average molecular weight is 249 g/mol. The van der Waals surface area contributed by atoms with Crippen LogP contribution in [-0.4, -0.2) is 10.1 Å². The van der Waals surface area contributed by atoms with E-state index in [0.717, 1.165) is 19.3 Å². The molecule has 1 heterocycles. The van der Waals surface area contributed by atoms with Crippen molar-refractivity contribution in [3.8, 4) is 11.4 Å². The molecule has 0 aliphatic carbocycles. The number of nitrogens with zero attached hydrogens (tertiary/aromatic N) is 2. The highest BCUT2D eigenvalue weighted by atomic mass is 19.1. The fourth-order valence-electron chi connectivity index (χ4n) is 1.69. The molecule has 0 fully saturated rings. The van der Waals surface area contributed by atoms with Crippen molar-refractivity contribution in [3.05, 3.63) is 36.0 Å². The third-order valence-corrected chi connectivity index (χ3v) is 2.74. The van der Waals surface area contributed by atoms with Gasteiger partial charge in [-0.05, 0) is 18.6 Å². The minimum absolute atomic E-state index is 0.245. The minimum atomic E-state index is -0.369. The molecular formula is C13H16FN3O. The molecular weight excluding hydrogens is 233 g/mol. The summed E-state index contributed by atoms with van der Waals surface area (Å²) >= 11 is 0. The zero-order chi connectivity index (χ0) is 13.0. The molecule has 96 valence electrons. The van der Waals surface area contributed by atoms with Crippen LogP contribution in [0.5, 0.6) is 0 Å². The molecule has 0 spiro atoms. The van der Waals surface area contributed by atoms with Crippen LogP contribution in [0.4, 0.5) is 4.39 Å². The van der Waals surface area contributed by atoms with Crippen LogP contribution in [0.3, 0.4) is 0 Å². The molecule has 1 atom stereocenters. The van der Waals surface area contributed by atoms with Crippen molar-refractivity contribution in [1.82, 2.24) is 10.1 Å². The Labute approximate surface area is 105 Å². The number of hydrogen-bond donors (Lipinski definition) is 1. The van der Waals surface area contributed by atoms with Gasteiger partial charge in [0.2, 0.25) is 11.7 Å². The summed E-state index contributed by atoms with van der Waals surface area (Å²) in [5, 5.41) is 3.77. The largest absolute Gasteiger partial charge is 0.337 e. The Morgan fingerprint density at radius 2 is 2.17 bits per heavy atom. The van der Waals surface area contributed by atoms with E-state index in [1.807, 2.05) is 0 Å². The summed E-state index contributed by atoms with van der Waals surface area (Å²) in [6.45, 7) is 2.09. The Morgan fingerprint density at radius 1 is 1.39 bits per heavy atom. The van der Waals surface area contributed by atoms with E-state index in [9.17, 15) is 4.39 Å². The average Bonchev–Trinajstić information content (AvgIpc) is 2.86. The van der Waals surface area contributed by atoms with E-state index in [0.29, 0.717) is 11.5 Å². The van der Waals surface area contributed by atoms with Gasteiger partial charge in [-0.1, -0.05) is 37.1 Å². The summed E-state index contributed by atoms with van der Waals surface area (Å²) in [5.41, 5.74) is 6.25. The van der Waals surface area contributed by atoms with Crippen LogP contribution < -0.4 is 5.73 Å². The van der Waals surface area contributed by atoms with Crippen LogP contribution in [0.15, 0.2) is 28.8 Å². The lowest BCUT2D eigenvalue weighted by Crippen LogP contribution is -2.10. The minimum Gasteiger partial charge on any atom is -0.337 e. The van der Waals surface area contributed by atoms with Crippen molar-refractivity contribution < 1.29 is 8.91 Å². The maximum absolute atomic E-state index is 13.5. The summed E-state index contributed by atoms with van der Waals surface area (Å²) in [6, 6.07) is 6.04. The van der Waals surface area contributed by atoms with E-state index in [4.69, 9.17) is 10.3 Å². The van der Waals surface area contributed by atoms with E-state index in [1.54, 1.807) is 18.2 Å². The van der Waals surface area contributed by atoms with Crippen molar-refractivity contribution in [2.24, 2.45) is 5.73 Å². The summed E-state index contributed by atoms with van der Waals surface area (Å²) in [6.07, 6.45) is 2.84. The molecule has 0 aliphatic rings.